The van der Waals surface area contributed by atoms with Crippen LogP contribution in [0.2, 0.25) is 0 Å². The van der Waals surface area contributed by atoms with Crippen molar-refractivity contribution in [2.75, 3.05) is 0 Å². The third-order valence-electron chi connectivity index (χ3n) is 2.54. The van der Waals surface area contributed by atoms with Gasteiger partial charge in [-0.05, 0) is 18.2 Å². The predicted octanol–water partition coefficient (Wildman–Crippen LogP) is 3.22. The van der Waals surface area contributed by atoms with Crippen molar-refractivity contribution in [2.45, 2.75) is 6.42 Å². The van der Waals surface area contributed by atoms with Crippen molar-refractivity contribution in [3.05, 3.63) is 59.7 Å². The zero-order valence-electron chi connectivity index (χ0n) is 8.07. The molecule has 73 valence electrons. The lowest BCUT2D eigenvalue weighted by atomic mass is 9.95. The lowest BCUT2D eigenvalue weighted by molar-refractivity contribution is 0.423. The summed E-state index contributed by atoms with van der Waals surface area (Å²) < 4.78 is 5.79. The quantitative estimate of drug-likeness (QED) is 0.612. The van der Waals surface area contributed by atoms with E-state index in [4.69, 9.17) is 17.0 Å². The summed E-state index contributed by atoms with van der Waals surface area (Å²) >= 11 is 5.18. The Morgan fingerprint density at radius 2 is 2.07 bits per heavy atom. The molecule has 1 aliphatic heterocycles. The van der Waals surface area contributed by atoms with E-state index >= 15 is 0 Å². The second-order valence-corrected chi connectivity index (χ2v) is 4.15. The Hall–Kier alpha value is -1.41. The minimum atomic E-state index is 0.810. The fraction of sp³-hybridized carbons (Fsp3) is 0.0769. The average molecular weight is 213 g/mol. The van der Waals surface area contributed by atoms with E-state index in [0.717, 1.165) is 33.9 Å². The first kappa shape index (κ1) is 8.86. The Morgan fingerprint density at radius 1 is 1.20 bits per heavy atom. The van der Waals surface area contributed by atoms with Crippen molar-refractivity contribution in [3.63, 3.8) is 0 Å². The van der Waals surface area contributed by atoms with E-state index in [9.17, 15) is 0 Å². The van der Waals surface area contributed by atoms with Gasteiger partial charge >= 0.3 is 0 Å². The number of ether oxygens (including phenoxy) is 1. The maximum Gasteiger partial charge on any atom is 0.131 e. The Kier molecular flexibility index (Phi) is 1.96. The van der Waals surface area contributed by atoms with Crippen LogP contribution >= 0.6 is 12.2 Å². The van der Waals surface area contributed by atoms with Gasteiger partial charge in [-0.25, -0.2) is 0 Å². The van der Waals surface area contributed by atoms with Crippen LogP contribution in [-0.4, -0.2) is 4.86 Å². The number of hydrogen-bond acceptors (Lipinski definition) is 2. The van der Waals surface area contributed by atoms with Crippen LogP contribution in [0.5, 0.6) is 5.75 Å². The molecule has 1 heterocycles. The van der Waals surface area contributed by atoms with Crippen molar-refractivity contribution < 1.29 is 4.74 Å². The Morgan fingerprint density at radius 3 is 3.00 bits per heavy atom. The smallest absolute Gasteiger partial charge is 0.131 e. The molecule has 0 bridgehead atoms. The molecule has 0 atom stereocenters. The molecule has 2 aliphatic rings. The van der Waals surface area contributed by atoms with Gasteiger partial charge in [0, 0.05) is 28.8 Å². The molecule has 15 heavy (non-hydrogen) atoms. The monoisotopic (exact) mass is 213 g/mol. The first-order valence-corrected chi connectivity index (χ1v) is 5.30. The number of fused-ring (bicyclic) bond motifs is 2. The lowest BCUT2D eigenvalue weighted by Crippen LogP contribution is -2.13. The Balaban J connectivity index is 2.07. The largest absolute Gasteiger partial charge is 0.457 e. The molecule has 1 aromatic rings. The molecular weight excluding hydrogens is 204 g/mol. The van der Waals surface area contributed by atoms with Gasteiger partial charge in [0.2, 0.25) is 0 Å². The molecule has 0 saturated heterocycles. The summed E-state index contributed by atoms with van der Waals surface area (Å²) in [6.45, 7) is 0. The van der Waals surface area contributed by atoms with Crippen LogP contribution in [0, 0.1) is 6.42 Å². The van der Waals surface area contributed by atoms with Gasteiger partial charge in [0.15, 0.2) is 0 Å². The van der Waals surface area contributed by atoms with E-state index in [-0.39, 0.29) is 0 Å². The summed E-state index contributed by atoms with van der Waals surface area (Å²) in [6, 6.07) is 8.02. The topological polar surface area (TPSA) is 9.23 Å². The third-order valence-corrected chi connectivity index (χ3v) is 2.82. The SMILES string of the molecule is S=C1C=C2[CH]c3ccccc3OC2=CC1. The van der Waals surface area contributed by atoms with E-state index in [1.54, 1.807) is 0 Å². The minimum Gasteiger partial charge on any atom is -0.457 e. The highest BCUT2D eigenvalue weighted by molar-refractivity contribution is 7.80. The van der Waals surface area contributed by atoms with Gasteiger partial charge in [-0.15, -0.1) is 0 Å². The second kappa shape index (κ2) is 3.31. The van der Waals surface area contributed by atoms with E-state index in [2.05, 4.69) is 6.42 Å². The second-order valence-electron chi connectivity index (χ2n) is 3.62. The molecular formula is C13H9OS. The highest BCUT2D eigenvalue weighted by Crippen LogP contribution is 2.35. The molecule has 1 radical (unpaired) electrons. The van der Waals surface area contributed by atoms with Crippen molar-refractivity contribution in [2.24, 2.45) is 0 Å². The maximum atomic E-state index is 5.79. The number of allylic oxidation sites excluding steroid dienone is 3. The molecule has 1 nitrogen and oxygen atoms in total. The number of hydrogen-bond donors (Lipinski definition) is 0. The van der Waals surface area contributed by atoms with Crippen molar-refractivity contribution in [1.29, 1.82) is 0 Å². The fourth-order valence-corrected chi connectivity index (χ4v) is 2.02. The van der Waals surface area contributed by atoms with Gasteiger partial charge in [0.05, 0.1) is 0 Å². The van der Waals surface area contributed by atoms with Crippen molar-refractivity contribution in [1.82, 2.24) is 0 Å². The number of para-hydroxylation sites is 1. The molecule has 0 fully saturated rings. The molecule has 0 spiro atoms. The molecule has 0 N–H and O–H groups in total. The normalized spacial score (nSPS) is 18.3. The molecule has 2 heteroatoms. The van der Waals surface area contributed by atoms with Crippen LogP contribution in [0.15, 0.2) is 47.7 Å². The van der Waals surface area contributed by atoms with Crippen LogP contribution in [-0.2, 0) is 0 Å². The predicted molar refractivity (Wildman–Crippen MR) is 63.9 cm³/mol. The van der Waals surface area contributed by atoms with Crippen LogP contribution in [0.3, 0.4) is 0 Å². The third kappa shape index (κ3) is 1.51. The molecule has 0 unspecified atom stereocenters. The summed E-state index contributed by atoms with van der Waals surface area (Å²) in [7, 11) is 0. The summed E-state index contributed by atoms with van der Waals surface area (Å²) in [5.41, 5.74) is 2.20. The Labute approximate surface area is 94.1 Å². The van der Waals surface area contributed by atoms with Crippen LogP contribution in [0.1, 0.15) is 12.0 Å². The number of rotatable bonds is 0. The van der Waals surface area contributed by atoms with Gasteiger partial charge in [-0.2, -0.15) is 0 Å². The van der Waals surface area contributed by atoms with Gasteiger partial charge < -0.3 is 4.74 Å². The van der Waals surface area contributed by atoms with E-state index in [1.807, 2.05) is 36.4 Å². The standard InChI is InChI=1S/C13H9OS/c15-11-5-6-13-10(8-11)7-9-3-1-2-4-12(9)14-13/h1-4,6-8H,5H2. The number of thiocarbonyl (C=S) groups is 1. The van der Waals surface area contributed by atoms with Gasteiger partial charge in [-0.1, -0.05) is 30.4 Å². The van der Waals surface area contributed by atoms with E-state index in [1.165, 1.54) is 0 Å². The minimum absolute atomic E-state index is 0.810. The van der Waals surface area contributed by atoms with Crippen LogP contribution in [0.25, 0.3) is 0 Å². The highest BCUT2D eigenvalue weighted by atomic mass is 32.1. The van der Waals surface area contributed by atoms with E-state index in [0.29, 0.717) is 0 Å². The van der Waals surface area contributed by atoms with Crippen LogP contribution in [0.4, 0.5) is 0 Å². The summed E-state index contributed by atoms with van der Waals surface area (Å²) in [4.78, 5) is 0.966. The average Bonchev–Trinajstić information content (AvgIpc) is 2.26. The molecule has 0 aromatic heterocycles. The zero-order valence-corrected chi connectivity index (χ0v) is 8.88. The highest BCUT2D eigenvalue weighted by Gasteiger charge is 2.21. The van der Waals surface area contributed by atoms with Crippen molar-refractivity contribution >= 4 is 17.1 Å². The lowest BCUT2D eigenvalue weighted by Gasteiger charge is -2.24. The van der Waals surface area contributed by atoms with Gasteiger partial charge in [0.25, 0.3) is 0 Å². The zero-order chi connectivity index (χ0) is 10.3. The molecule has 3 rings (SSSR count). The molecule has 1 aliphatic carbocycles. The molecule has 0 amide bonds. The maximum absolute atomic E-state index is 5.79. The van der Waals surface area contributed by atoms with Gasteiger partial charge in [-0.3, -0.25) is 0 Å². The van der Waals surface area contributed by atoms with Gasteiger partial charge in [0.1, 0.15) is 11.5 Å². The van der Waals surface area contributed by atoms with Crippen molar-refractivity contribution in [3.8, 4) is 5.75 Å². The fourth-order valence-electron chi connectivity index (χ4n) is 1.81. The summed E-state index contributed by atoms with van der Waals surface area (Å²) in [6.07, 6.45) is 6.99. The molecule has 0 saturated carbocycles. The van der Waals surface area contributed by atoms with Crippen LogP contribution < -0.4 is 4.74 Å². The van der Waals surface area contributed by atoms with E-state index < -0.39 is 0 Å². The summed E-state index contributed by atoms with van der Waals surface area (Å²) in [5, 5.41) is 0. The number of benzene rings is 1. The first-order valence-electron chi connectivity index (χ1n) is 4.89. The first-order chi connectivity index (χ1) is 7.33. The summed E-state index contributed by atoms with van der Waals surface area (Å²) in [5.74, 6) is 1.86. The Bertz CT molecular complexity index is 497. The molecule has 1 aromatic carbocycles.